The Balaban J connectivity index is 2.43. The molecule has 15 heavy (non-hydrogen) atoms. The second-order valence-electron chi connectivity index (χ2n) is 4.06. The molecule has 1 amide bonds. The van der Waals surface area contributed by atoms with Crippen LogP contribution in [0.25, 0.3) is 0 Å². The van der Waals surface area contributed by atoms with Gasteiger partial charge in [-0.1, -0.05) is 0 Å². The van der Waals surface area contributed by atoms with Crippen molar-refractivity contribution in [2.75, 3.05) is 7.05 Å². The number of hydrogen-bond acceptors (Lipinski definition) is 3. The minimum Gasteiger partial charge on any atom is -0.481 e. The normalized spacial score (nSPS) is 19.3. The number of likely N-dealkylation sites (N-methyl/N-ethyl adjacent to an activating group) is 1. The van der Waals surface area contributed by atoms with Gasteiger partial charge in [-0.2, -0.15) is 0 Å². The molecule has 1 fully saturated rings. The van der Waals surface area contributed by atoms with E-state index in [2.05, 4.69) is 10.6 Å². The summed E-state index contributed by atoms with van der Waals surface area (Å²) in [7, 11) is 1.70. The van der Waals surface area contributed by atoms with Crippen LogP contribution in [0.15, 0.2) is 0 Å². The first-order valence-electron chi connectivity index (χ1n) is 5.24. The highest BCUT2D eigenvalue weighted by Gasteiger charge is 2.34. The molecule has 2 unspecified atom stereocenters. The van der Waals surface area contributed by atoms with Gasteiger partial charge in [0.15, 0.2) is 0 Å². The molecule has 2 atom stereocenters. The Hall–Kier alpha value is -1.10. The number of amides is 1. The topological polar surface area (TPSA) is 78.4 Å². The van der Waals surface area contributed by atoms with Gasteiger partial charge >= 0.3 is 5.97 Å². The number of aliphatic carboxylic acids is 1. The molecule has 3 N–H and O–H groups in total. The quantitative estimate of drug-likeness (QED) is 0.580. The van der Waals surface area contributed by atoms with Crippen LogP contribution in [0.1, 0.15) is 26.2 Å². The van der Waals surface area contributed by atoms with Crippen molar-refractivity contribution in [1.82, 2.24) is 10.6 Å². The van der Waals surface area contributed by atoms with Crippen LogP contribution in [0.3, 0.4) is 0 Å². The Morgan fingerprint density at radius 1 is 1.47 bits per heavy atom. The Labute approximate surface area is 89.2 Å². The standard InChI is InChI=1S/C10H18N2O3/c1-6(11-2)10(15)12-8(5-9(13)14)7-3-4-7/h6-8,11H,3-5H2,1-2H3,(H,12,15)(H,13,14). The fourth-order valence-corrected chi connectivity index (χ4v) is 1.46. The maximum absolute atomic E-state index is 11.5. The summed E-state index contributed by atoms with van der Waals surface area (Å²) in [6.07, 6.45) is 2.06. The summed E-state index contributed by atoms with van der Waals surface area (Å²) in [5.41, 5.74) is 0. The third kappa shape index (κ3) is 3.87. The molecular formula is C10H18N2O3. The van der Waals surface area contributed by atoms with Crippen LogP contribution in [0.5, 0.6) is 0 Å². The molecule has 0 heterocycles. The third-order valence-corrected chi connectivity index (χ3v) is 2.74. The lowest BCUT2D eigenvalue weighted by Crippen LogP contribution is -2.46. The number of carbonyl (C=O) groups excluding carboxylic acids is 1. The lowest BCUT2D eigenvalue weighted by molar-refractivity contribution is -0.138. The Kier molecular flexibility index (Phi) is 4.08. The number of hydrogen-bond donors (Lipinski definition) is 3. The molecule has 1 aliphatic carbocycles. The first kappa shape index (κ1) is 12.0. The summed E-state index contributed by atoms with van der Waals surface area (Å²) in [5, 5.41) is 14.3. The van der Waals surface area contributed by atoms with Gasteiger partial charge in [0.05, 0.1) is 12.5 Å². The van der Waals surface area contributed by atoms with Crippen LogP contribution in [-0.4, -0.2) is 36.1 Å². The molecular weight excluding hydrogens is 196 g/mol. The summed E-state index contributed by atoms with van der Waals surface area (Å²) >= 11 is 0. The molecule has 0 aromatic rings. The van der Waals surface area contributed by atoms with Crippen LogP contribution in [0.2, 0.25) is 0 Å². The van der Waals surface area contributed by atoms with Crippen LogP contribution in [0.4, 0.5) is 0 Å². The monoisotopic (exact) mass is 214 g/mol. The van der Waals surface area contributed by atoms with Gasteiger partial charge in [0.1, 0.15) is 0 Å². The van der Waals surface area contributed by atoms with Crippen molar-refractivity contribution in [3.8, 4) is 0 Å². The van der Waals surface area contributed by atoms with Gasteiger partial charge in [-0.05, 0) is 32.7 Å². The zero-order chi connectivity index (χ0) is 11.4. The fourth-order valence-electron chi connectivity index (χ4n) is 1.46. The molecule has 0 aromatic heterocycles. The van der Waals surface area contributed by atoms with E-state index >= 15 is 0 Å². The smallest absolute Gasteiger partial charge is 0.305 e. The van der Waals surface area contributed by atoms with Crippen molar-refractivity contribution in [3.63, 3.8) is 0 Å². The van der Waals surface area contributed by atoms with Gasteiger partial charge in [-0.15, -0.1) is 0 Å². The summed E-state index contributed by atoms with van der Waals surface area (Å²) < 4.78 is 0. The lowest BCUT2D eigenvalue weighted by atomic mass is 10.1. The minimum atomic E-state index is -0.857. The SMILES string of the molecule is CNC(C)C(=O)NC(CC(=O)O)C1CC1. The van der Waals surface area contributed by atoms with Crippen molar-refractivity contribution in [1.29, 1.82) is 0 Å². The molecule has 5 heteroatoms. The highest BCUT2D eigenvalue weighted by atomic mass is 16.4. The minimum absolute atomic E-state index is 0.0207. The van der Waals surface area contributed by atoms with E-state index in [1.165, 1.54) is 0 Å². The summed E-state index contributed by atoms with van der Waals surface area (Å²) in [5.74, 6) is -0.630. The average molecular weight is 214 g/mol. The molecule has 0 radical (unpaired) electrons. The second-order valence-corrected chi connectivity index (χ2v) is 4.06. The average Bonchev–Trinajstić information content (AvgIpc) is 2.97. The molecule has 86 valence electrons. The van der Waals surface area contributed by atoms with E-state index in [4.69, 9.17) is 5.11 Å². The number of nitrogens with one attached hydrogen (secondary N) is 2. The largest absolute Gasteiger partial charge is 0.481 e. The Morgan fingerprint density at radius 2 is 2.07 bits per heavy atom. The van der Waals surface area contributed by atoms with Crippen LogP contribution < -0.4 is 10.6 Å². The lowest BCUT2D eigenvalue weighted by Gasteiger charge is -2.18. The van der Waals surface area contributed by atoms with Gasteiger partial charge in [-0.25, -0.2) is 0 Å². The van der Waals surface area contributed by atoms with Gasteiger partial charge in [0.25, 0.3) is 0 Å². The van der Waals surface area contributed by atoms with E-state index in [1.54, 1.807) is 14.0 Å². The number of carboxylic acid groups (broad SMARTS) is 1. The maximum Gasteiger partial charge on any atom is 0.305 e. The number of rotatable bonds is 6. The van der Waals surface area contributed by atoms with Gasteiger partial charge in [-0.3, -0.25) is 9.59 Å². The molecule has 1 rings (SSSR count). The Bertz CT molecular complexity index is 251. The first-order valence-corrected chi connectivity index (χ1v) is 5.24. The second kappa shape index (κ2) is 5.11. The molecule has 1 aliphatic rings. The van der Waals surface area contributed by atoms with Crippen molar-refractivity contribution in [2.24, 2.45) is 5.92 Å². The van der Waals surface area contributed by atoms with E-state index in [9.17, 15) is 9.59 Å². The molecule has 0 spiro atoms. The van der Waals surface area contributed by atoms with Crippen LogP contribution in [-0.2, 0) is 9.59 Å². The maximum atomic E-state index is 11.5. The summed E-state index contributed by atoms with van der Waals surface area (Å²) in [6, 6.07) is -0.481. The highest BCUT2D eigenvalue weighted by molar-refractivity contribution is 5.82. The zero-order valence-electron chi connectivity index (χ0n) is 9.12. The fraction of sp³-hybridized carbons (Fsp3) is 0.800. The van der Waals surface area contributed by atoms with E-state index in [1.807, 2.05) is 0 Å². The predicted molar refractivity (Wildman–Crippen MR) is 55.4 cm³/mol. The van der Waals surface area contributed by atoms with Gasteiger partial charge < -0.3 is 15.7 Å². The summed E-state index contributed by atoms with van der Waals surface area (Å²) in [4.78, 5) is 22.1. The molecule has 0 saturated heterocycles. The van der Waals surface area contributed by atoms with Gasteiger partial charge in [0, 0.05) is 6.04 Å². The Morgan fingerprint density at radius 3 is 2.47 bits per heavy atom. The predicted octanol–water partition coefficient (Wildman–Crippen LogP) is -0.0362. The molecule has 1 saturated carbocycles. The highest BCUT2D eigenvalue weighted by Crippen LogP contribution is 2.34. The van der Waals surface area contributed by atoms with Crippen molar-refractivity contribution < 1.29 is 14.7 Å². The van der Waals surface area contributed by atoms with Crippen molar-refractivity contribution >= 4 is 11.9 Å². The molecule has 0 aromatic carbocycles. The van der Waals surface area contributed by atoms with Crippen LogP contribution >= 0.6 is 0 Å². The summed E-state index contributed by atoms with van der Waals surface area (Å²) in [6.45, 7) is 1.75. The molecule has 0 bridgehead atoms. The van der Waals surface area contributed by atoms with Crippen molar-refractivity contribution in [3.05, 3.63) is 0 Å². The first-order chi connectivity index (χ1) is 7.04. The zero-order valence-corrected chi connectivity index (χ0v) is 9.12. The molecule has 5 nitrogen and oxygen atoms in total. The van der Waals surface area contributed by atoms with E-state index < -0.39 is 5.97 Å². The van der Waals surface area contributed by atoms with Crippen LogP contribution in [0, 0.1) is 5.92 Å². The number of carboxylic acids is 1. The van der Waals surface area contributed by atoms with E-state index in [0.29, 0.717) is 5.92 Å². The van der Waals surface area contributed by atoms with E-state index in [0.717, 1.165) is 12.8 Å². The molecule has 0 aliphatic heterocycles. The number of carbonyl (C=O) groups is 2. The van der Waals surface area contributed by atoms with Crippen molar-refractivity contribution in [2.45, 2.75) is 38.3 Å². The van der Waals surface area contributed by atoms with Gasteiger partial charge in [0.2, 0.25) is 5.91 Å². The van der Waals surface area contributed by atoms with E-state index in [-0.39, 0.29) is 24.4 Å². The third-order valence-electron chi connectivity index (χ3n) is 2.74.